The predicted octanol–water partition coefficient (Wildman–Crippen LogP) is 2.94. The predicted molar refractivity (Wildman–Crippen MR) is 80.4 cm³/mol. The van der Waals surface area contributed by atoms with Gasteiger partial charge in [-0.2, -0.15) is 0 Å². The summed E-state index contributed by atoms with van der Waals surface area (Å²) in [4.78, 5) is 0. The van der Waals surface area contributed by atoms with Crippen molar-refractivity contribution in [3.8, 4) is 11.5 Å². The van der Waals surface area contributed by atoms with E-state index in [-0.39, 0.29) is 0 Å². The first-order valence-corrected chi connectivity index (χ1v) is 7.49. The van der Waals surface area contributed by atoms with Crippen molar-refractivity contribution in [3.05, 3.63) is 26.1 Å². The number of hydrogen-bond acceptors (Lipinski definition) is 7. The van der Waals surface area contributed by atoms with E-state index in [2.05, 4.69) is 47.5 Å². The van der Waals surface area contributed by atoms with Crippen LogP contribution in [0.25, 0.3) is 0 Å². The molecular formula is C10H10Br2N4O2S. The molecule has 0 aliphatic rings. The molecule has 0 bridgehead atoms. The summed E-state index contributed by atoms with van der Waals surface area (Å²) < 4.78 is 12.5. The van der Waals surface area contributed by atoms with E-state index in [1.165, 1.54) is 11.3 Å². The molecular weight excluding hydrogens is 400 g/mol. The van der Waals surface area contributed by atoms with Gasteiger partial charge >= 0.3 is 0 Å². The molecule has 0 radical (unpaired) electrons. The minimum Gasteiger partial charge on any atom is -0.496 e. The lowest BCUT2D eigenvalue weighted by atomic mass is 10.3. The van der Waals surface area contributed by atoms with Crippen molar-refractivity contribution in [2.75, 3.05) is 12.5 Å². The summed E-state index contributed by atoms with van der Waals surface area (Å²) in [5.41, 5.74) is 2.44. The smallest absolute Gasteiger partial charge is 0.219 e. The number of nitrogens with zero attached hydrogens (tertiary/aromatic N) is 2. The summed E-state index contributed by atoms with van der Waals surface area (Å²) in [5, 5.41) is 9.04. The molecule has 0 unspecified atom stereocenters. The minimum atomic E-state index is 0.316. The molecule has 1 aromatic carbocycles. The standard InChI is InChI=1S/C10H10Br2N4O2S/c1-17-7-2-6(12)8(3-5(7)11)18-4-9-15-16-10(14-13)19-9/h2-3H,4,13H2,1H3,(H,14,16). The zero-order chi connectivity index (χ0) is 13.8. The van der Waals surface area contributed by atoms with Crippen molar-refractivity contribution in [1.82, 2.24) is 10.2 Å². The Bertz CT molecular complexity index is 579. The van der Waals surface area contributed by atoms with Crippen LogP contribution < -0.4 is 20.7 Å². The number of aromatic nitrogens is 2. The maximum atomic E-state index is 5.67. The molecule has 0 spiro atoms. The number of nitrogen functional groups attached to an aromatic ring is 1. The fourth-order valence-corrected chi connectivity index (χ4v) is 2.77. The molecule has 3 N–H and O–H groups in total. The first-order chi connectivity index (χ1) is 9.13. The van der Waals surface area contributed by atoms with Crippen LogP contribution in [-0.4, -0.2) is 17.3 Å². The Balaban J connectivity index is 2.09. The van der Waals surface area contributed by atoms with Gasteiger partial charge in [0.05, 0.1) is 16.1 Å². The van der Waals surface area contributed by atoms with E-state index in [1.54, 1.807) is 7.11 Å². The average Bonchev–Trinajstić information content (AvgIpc) is 2.87. The number of benzene rings is 1. The lowest BCUT2D eigenvalue weighted by Gasteiger charge is -2.09. The molecule has 19 heavy (non-hydrogen) atoms. The molecule has 1 heterocycles. The Hall–Kier alpha value is -0.900. The van der Waals surface area contributed by atoms with Crippen LogP contribution >= 0.6 is 43.2 Å². The number of nitrogens with two attached hydrogens (primary N) is 1. The number of methoxy groups -OCH3 is 1. The van der Waals surface area contributed by atoms with Gasteiger partial charge in [0.1, 0.15) is 18.1 Å². The van der Waals surface area contributed by atoms with Gasteiger partial charge < -0.3 is 9.47 Å². The monoisotopic (exact) mass is 408 g/mol. The highest BCUT2D eigenvalue weighted by atomic mass is 79.9. The van der Waals surface area contributed by atoms with E-state index in [0.717, 1.165) is 19.7 Å². The van der Waals surface area contributed by atoms with Crippen LogP contribution in [0.15, 0.2) is 21.1 Å². The third kappa shape index (κ3) is 3.56. The highest BCUT2D eigenvalue weighted by molar-refractivity contribution is 9.11. The molecule has 0 atom stereocenters. The second-order valence-electron chi connectivity index (χ2n) is 3.35. The zero-order valence-corrected chi connectivity index (χ0v) is 13.8. The van der Waals surface area contributed by atoms with Crippen LogP contribution in [0.2, 0.25) is 0 Å². The van der Waals surface area contributed by atoms with E-state index in [1.807, 2.05) is 12.1 Å². The molecule has 0 aliphatic carbocycles. The lowest BCUT2D eigenvalue weighted by molar-refractivity contribution is 0.301. The summed E-state index contributed by atoms with van der Waals surface area (Å²) in [6.07, 6.45) is 0. The van der Waals surface area contributed by atoms with Crippen LogP contribution in [0.1, 0.15) is 5.01 Å². The van der Waals surface area contributed by atoms with Gasteiger partial charge in [0.15, 0.2) is 5.01 Å². The van der Waals surface area contributed by atoms with Gasteiger partial charge in [-0.05, 0) is 44.0 Å². The molecule has 0 saturated carbocycles. The largest absolute Gasteiger partial charge is 0.496 e. The summed E-state index contributed by atoms with van der Waals surface area (Å²) in [7, 11) is 1.61. The lowest BCUT2D eigenvalue weighted by Crippen LogP contribution is -2.05. The maximum Gasteiger partial charge on any atom is 0.219 e. The fraction of sp³-hybridized carbons (Fsp3) is 0.200. The van der Waals surface area contributed by atoms with Crippen LogP contribution in [0.4, 0.5) is 5.13 Å². The SMILES string of the molecule is COc1cc(Br)c(OCc2nnc(NN)s2)cc1Br. The molecule has 0 amide bonds. The van der Waals surface area contributed by atoms with Crippen molar-refractivity contribution in [2.45, 2.75) is 6.61 Å². The van der Waals surface area contributed by atoms with Crippen molar-refractivity contribution in [1.29, 1.82) is 0 Å². The van der Waals surface area contributed by atoms with Crippen molar-refractivity contribution in [3.63, 3.8) is 0 Å². The molecule has 0 fully saturated rings. The molecule has 0 aliphatic heterocycles. The van der Waals surface area contributed by atoms with Gasteiger partial charge in [0, 0.05) is 0 Å². The fourth-order valence-electron chi connectivity index (χ4n) is 1.29. The number of nitrogens with one attached hydrogen (secondary N) is 1. The third-order valence-electron chi connectivity index (χ3n) is 2.15. The third-order valence-corrected chi connectivity index (χ3v) is 4.22. The number of anilines is 1. The molecule has 102 valence electrons. The number of ether oxygens (including phenoxy) is 2. The van der Waals surface area contributed by atoms with E-state index in [0.29, 0.717) is 17.5 Å². The Morgan fingerprint density at radius 1 is 1.26 bits per heavy atom. The van der Waals surface area contributed by atoms with Crippen LogP contribution in [-0.2, 0) is 6.61 Å². The van der Waals surface area contributed by atoms with Gasteiger partial charge in [-0.3, -0.25) is 5.43 Å². The summed E-state index contributed by atoms with van der Waals surface area (Å²) in [6, 6.07) is 3.65. The zero-order valence-electron chi connectivity index (χ0n) is 9.81. The Labute approximate surface area is 130 Å². The number of halogens is 2. The second-order valence-corrected chi connectivity index (χ2v) is 6.12. The van der Waals surface area contributed by atoms with Gasteiger partial charge in [-0.15, -0.1) is 10.2 Å². The van der Waals surface area contributed by atoms with Gasteiger partial charge in [-0.1, -0.05) is 11.3 Å². The van der Waals surface area contributed by atoms with Crippen molar-refractivity contribution in [2.24, 2.45) is 5.84 Å². The minimum absolute atomic E-state index is 0.316. The van der Waals surface area contributed by atoms with E-state index >= 15 is 0 Å². The highest BCUT2D eigenvalue weighted by Gasteiger charge is 2.10. The van der Waals surface area contributed by atoms with E-state index < -0.39 is 0 Å². The normalized spacial score (nSPS) is 10.3. The average molecular weight is 410 g/mol. The van der Waals surface area contributed by atoms with Crippen LogP contribution in [0.5, 0.6) is 11.5 Å². The summed E-state index contributed by atoms with van der Waals surface area (Å²) >= 11 is 8.16. The van der Waals surface area contributed by atoms with Crippen molar-refractivity contribution < 1.29 is 9.47 Å². The highest BCUT2D eigenvalue weighted by Crippen LogP contribution is 2.36. The number of hydrazine groups is 1. The number of rotatable bonds is 5. The van der Waals surface area contributed by atoms with Crippen LogP contribution in [0, 0.1) is 0 Å². The Morgan fingerprint density at radius 2 is 1.95 bits per heavy atom. The Kier molecular flexibility index (Phi) is 4.97. The maximum absolute atomic E-state index is 5.67. The molecule has 1 aromatic heterocycles. The first-order valence-electron chi connectivity index (χ1n) is 5.09. The molecule has 2 rings (SSSR count). The Morgan fingerprint density at radius 3 is 2.58 bits per heavy atom. The summed E-state index contributed by atoms with van der Waals surface area (Å²) in [6.45, 7) is 0.316. The summed E-state index contributed by atoms with van der Waals surface area (Å²) in [5.74, 6) is 6.65. The first kappa shape index (κ1) is 14.5. The quantitative estimate of drug-likeness (QED) is 0.583. The molecule has 0 saturated heterocycles. The van der Waals surface area contributed by atoms with Gasteiger partial charge in [0.25, 0.3) is 0 Å². The molecule has 9 heteroatoms. The van der Waals surface area contributed by atoms with E-state index in [9.17, 15) is 0 Å². The van der Waals surface area contributed by atoms with Gasteiger partial charge in [0.2, 0.25) is 5.13 Å². The molecule has 2 aromatic rings. The van der Waals surface area contributed by atoms with Gasteiger partial charge in [-0.25, -0.2) is 5.84 Å². The van der Waals surface area contributed by atoms with Crippen LogP contribution in [0.3, 0.4) is 0 Å². The topological polar surface area (TPSA) is 82.3 Å². The van der Waals surface area contributed by atoms with Crippen molar-refractivity contribution >= 4 is 48.3 Å². The second kappa shape index (κ2) is 6.51. The molecule has 6 nitrogen and oxygen atoms in total. The van der Waals surface area contributed by atoms with E-state index in [4.69, 9.17) is 15.3 Å². The number of hydrogen-bond donors (Lipinski definition) is 2.